The SMILES string of the molecule is CC(C)(C)OC(=O)N1CCC(CCc2cccc(C(O)C(C)(C)CO)c2)C1. The lowest BCUT2D eigenvalue weighted by atomic mass is 9.83. The third-order valence-electron chi connectivity index (χ3n) is 5.19. The van der Waals surface area contributed by atoms with Gasteiger partial charge in [0, 0.05) is 18.5 Å². The fraction of sp³-hybridized carbons (Fsp3) is 0.682. The Balaban J connectivity index is 1.89. The lowest BCUT2D eigenvalue weighted by Gasteiger charge is -2.28. The van der Waals surface area contributed by atoms with Gasteiger partial charge in [0.15, 0.2) is 0 Å². The number of amides is 1. The molecule has 1 aliphatic heterocycles. The minimum atomic E-state index is -0.698. The van der Waals surface area contributed by atoms with E-state index in [2.05, 4.69) is 6.07 Å². The monoisotopic (exact) mass is 377 g/mol. The smallest absolute Gasteiger partial charge is 0.410 e. The van der Waals surface area contributed by atoms with E-state index < -0.39 is 17.1 Å². The molecule has 0 aromatic heterocycles. The highest BCUT2D eigenvalue weighted by Crippen LogP contribution is 2.33. The van der Waals surface area contributed by atoms with E-state index >= 15 is 0 Å². The summed E-state index contributed by atoms with van der Waals surface area (Å²) in [7, 11) is 0. The standard InChI is InChI=1S/C22H35NO4/c1-21(2,3)27-20(26)23-12-11-17(14-23)10-9-16-7-6-8-18(13-16)19(25)22(4,5)15-24/h6-8,13,17,19,24-25H,9-12,14-15H2,1-5H3. The molecule has 5 nitrogen and oxygen atoms in total. The van der Waals surface area contributed by atoms with Crippen molar-refractivity contribution in [2.75, 3.05) is 19.7 Å². The molecule has 0 aliphatic carbocycles. The van der Waals surface area contributed by atoms with Gasteiger partial charge in [-0.05, 0) is 57.1 Å². The predicted octanol–water partition coefficient (Wildman–Crippen LogP) is 3.93. The molecule has 1 heterocycles. The van der Waals surface area contributed by atoms with Crippen molar-refractivity contribution < 1.29 is 19.7 Å². The molecular weight excluding hydrogens is 342 g/mol. The predicted molar refractivity (Wildman–Crippen MR) is 107 cm³/mol. The van der Waals surface area contributed by atoms with Crippen molar-refractivity contribution in [2.24, 2.45) is 11.3 Å². The lowest BCUT2D eigenvalue weighted by Crippen LogP contribution is -2.35. The number of rotatable bonds is 6. The second-order valence-corrected chi connectivity index (χ2v) is 9.41. The molecule has 0 saturated carbocycles. The van der Waals surface area contributed by atoms with Crippen LogP contribution in [0.3, 0.4) is 0 Å². The third kappa shape index (κ3) is 6.22. The summed E-state index contributed by atoms with van der Waals surface area (Å²) >= 11 is 0. The Bertz CT molecular complexity index is 635. The van der Waals surface area contributed by atoms with Crippen LogP contribution in [0.1, 0.15) is 64.7 Å². The maximum Gasteiger partial charge on any atom is 0.410 e. The summed E-state index contributed by atoms with van der Waals surface area (Å²) < 4.78 is 5.46. The zero-order valence-electron chi connectivity index (χ0n) is 17.4. The van der Waals surface area contributed by atoms with Gasteiger partial charge in [0.1, 0.15) is 5.60 Å². The average molecular weight is 378 g/mol. The fourth-order valence-corrected chi connectivity index (χ4v) is 3.39. The van der Waals surface area contributed by atoms with Crippen LogP contribution in [-0.2, 0) is 11.2 Å². The zero-order chi connectivity index (χ0) is 20.2. The van der Waals surface area contributed by atoms with Crippen LogP contribution in [0.4, 0.5) is 4.79 Å². The van der Waals surface area contributed by atoms with Gasteiger partial charge in [-0.2, -0.15) is 0 Å². The van der Waals surface area contributed by atoms with Gasteiger partial charge in [-0.3, -0.25) is 0 Å². The molecule has 0 bridgehead atoms. The average Bonchev–Trinajstić information content (AvgIpc) is 3.07. The molecule has 152 valence electrons. The number of aryl methyl sites for hydroxylation is 1. The molecule has 1 saturated heterocycles. The maximum atomic E-state index is 12.2. The second-order valence-electron chi connectivity index (χ2n) is 9.41. The van der Waals surface area contributed by atoms with E-state index in [0.717, 1.165) is 37.9 Å². The van der Waals surface area contributed by atoms with Gasteiger partial charge < -0.3 is 19.8 Å². The fourth-order valence-electron chi connectivity index (χ4n) is 3.39. The van der Waals surface area contributed by atoms with Gasteiger partial charge in [0.25, 0.3) is 0 Å². The number of hydrogen-bond donors (Lipinski definition) is 2. The van der Waals surface area contributed by atoms with E-state index in [9.17, 15) is 15.0 Å². The highest BCUT2D eigenvalue weighted by atomic mass is 16.6. The number of ether oxygens (including phenoxy) is 1. The van der Waals surface area contributed by atoms with Crippen LogP contribution in [0.2, 0.25) is 0 Å². The molecule has 2 unspecified atom stereocenters. The number of carbonyl (C=O) groups is 1. The molecule has 1 aromatic rings. The Morgan fingerprint density at radius 3 is 2.63 bits per heavy atom. The first kappa shape index (κ1) is 21.7. The summed E-state index contributed by atoms with van der Waals surface area (Å²) in [6, 6.07) is 7.97. The van der Waals surface area contributed by atoms with Crippen LogP contribution in [0, 0.1) is 11.3 Å². The van der Waals surface area contributed by atoms with Crippen LogP contribution in [0.5, 0.6) is 0 Å². The molecular formula is C22H35NO4. The van der Waals surface area contributed by atoms with Crippen molar-refractivity contribution in [3.05, 3.63) is 35.4 Å². The lowest BCUT2D eigenvalue weighted by molar-refractivity contribution is 0.00633. The second kappa shape index (κ2) is 8.61. The molecule has 1 aliphatic rings. The number of carbonyl (C=O) groups excluding carboxylic acids is 1. The summed E-state index contributed by atoms with van der Waals surface area (Å²) in [5.74, 6) is 0.472. The molecule has 27 heavy (non-hydrogen) atoms. The van der Waals surface area contributed by atoms with Crippen molar-refractivity contribution in [3.8, 4) is 0 Å². The first-order chi connectivity index (χ1) is 12.5. The van der Waals surface area contributed by atoms with Crippen molar-refractivity contribution in [1.82, 2.24) is 4.90 Å². The normalized spacial score (nSPS) is 19.2. The van der Waals surface area contributed by atoms with Gasteiger partial charge in [-0.25, -0.2) is 4.79 Å². The number of likely N-dealkylation sites (tertiary alicyclic amines) is 1. The number of aliphatic hydroxyl groups excluding tert-OH is 2. The Hall–Kier alpha value is -1.59. The number of nitrogens with zero attached hydrogens (tertiary/aromatic N) is 1. The molecule has 0 spiro atoms. The van der Waals surface area contributed by atoms with E-state index in [1.165, 1.54) is 5.56 Å². The molecule has 5 heteroatoms. The van der Waals surface area contributed by atoms with Crippen molar-refractivity contribution in [2.45, 2.75) is 65.6 Å². The Labute approximate surface area is 163 Å². The van der Waals surface area contributed by atoms with E-state index in [4.69, 9.17) is 4.74 Å². The zero-order valence-corrected chi connectivity index (χ0v) is 17.4. The summed E-state index contributed by atoms with van der Waals surface area (Å²) in [5.41, 5.74) is 0.987. The largest absolute Gasteiger partial charge is 0.444 e. The topological polar surface area (TPSA) is 70.0 Å². The molecule has 2 atom stereocenters. The summed E-state index contributed by atoms with van der Waals surface area (Å²) in [5, 5.41) is 20.0. The minimum Gasteiger partial charge on any atom is -0.444 e. The van der Waals surface area contributed by atoms with Crippen LogP contribution in [-0.4, -0.2) is 46.5 Å². The maximum absolute atomic E-state index is 12.2. The Morgan fingerprint density at radius 1 is 1.30 bits per heavy atom. The highest BCUT2D eigenvalue weighted by Gasteiger charge is 2.30. The number of aliphatic hydroxyl groups is 2. The molecule has 1 amide bonds. The molecule has 2 rings (SSSR count). The first-order valence-corrected chi connectivity index (χ1v) is 9.87. The summed E-state index contributed by atoms with van der Waals surface area (Å²) in [6.07, 6.45) is 1.99. The molecule has 0 radical (unpaired) electrons. The first-order valence-electron chi connectivity index (χ1n) is 9.87. The van der Waals surface area contributed by atoms with Crippen LogP contribution in [0.25, 0.3) is 0 Å². The number of hydrogen-bond acceptors (Lipinski definition) is 4. The van der Waals surface area contributed by atoms with Gasteiger partial charge in [0.2, 0.25) is 0 Å². The summed E-state index contributed by atoms with van der Waals surface area (Å²) in [4.78, 5) is 14.0. The highest BCUT2D eigenvalue weighted by molar-refractivity contribution is 5.68. The van der Waals surface area contributed by atoms with Crippen molar-refractivity contribution >= 4 is 6.09 Å². The number of benzene rings is 1. The van der Waals surface area contributed by atoms with Gasteiger partial charge in [-0.1, -0.05) is 38.1 Å². The van der Waals surface area contributed by atoms with Crippen LogP contribution < -0.4 is 0 Å². The van der Waals surface area contributed by atoms with E-state index in [1.54, 1.807) is 4.90 Å². The Morgan fingerprint density at radius 2 is 2.00 bits per heavy atom. The van der Waals surface area contributed by atoms with E-state index in [-0.39, 0.29) is 12.7 Å². The Kier molecular flexibility index (Phi) is 6.92. The van der Waals surface area contributed by atoms with Crippen LogP contribution >= 0.6 is 0 Å². The van der Waals surface area contributed by atoms with Crippen LogP contribution in [0.15, 0.2) is 24.3 Å². The third-order valence-corrected chi connectivity index (χ3v) is 5.19. The van der Waals surface area contributed by atoms with E-state index in [1.807, 2.05) is 52.8 Å². The van der Waals surface area contributed by atoms with Crippen molar-refractivity contribution in [3.63, 3.8) is 0 Å². The minimum absolute atomic E-state index is 0.0685. The van der Waals surface area contributed by atoms with Gasteiger partial charge in [-0.15, -0.1) is 0 Å². The molecule has 1 aromatic carbocycles. The van der Waals surface area contributed by atoms with E-state index in [0.29, 0.717) is 5.92 Å². The van der Waals surface area contributed by atoms with Gasteiger partial charge in [0.05, 0.1) is 12.7 Å². The van der Waals surface area contributed by atoms with Gasteiger partial charge >= 0.3 is 6.09 Å². The molecule has 1 fully saturated rings. The van der Waals surface area contributed by atoms with Crippen molar-refractivity contribution in [1.29, 1.82) is 0 Å². The summed E-state index contributed by atoms with van der Waals surface area (Å²) in [6.45, 7) is 10.8. The quantitative estimate of drug-likeness (QED) is 0.788. The molecule has 2 N–H and O–H groups in total.